The van der Waals surface area contributed by atoms with Crippen LogP contribution in [0.25, 0.3) is 0 Å². The largest absolute Gasteiger partial charge is 0.416 e. The number of nitrogens with two attached hydrogens (primary N) is 1. The Morgan fingerprint density at radius 1 is 1.11 bits per heavy atom. The highest BCUT2D eigenvalue weighted by atomic mass is 19.4. The van der Waals surface area contributed by atoms with Crippen LogP contribution in [0.5, 0.6) is 0 Å². The van der Waals surface area contributed by atoms with E-state index in [2.05, 4.69) is 0 Å². The molecule has 0 bridgehead atoms. The van der Waals surface area contributed by atoms with E-state index >= 15 is 0 Å². The van der Waals surface area contributed by atoms with E-state index in [1.807, 2.05) is 0 Å². The molecule has 1 aromatic rings. The maximum atomic E-state index is 13.0. The molecule has 2 rings (SSSR count). The van der Waals surface area contributed by atoms with Crippen molar-refractivity contribution in [3.8, 4) is 0 Å². The van der Waals surface area contributed by atoms with Gasteiger partial charge in [-0.25, -0.2) is 0 Å². The summed E-state index contributed by atoms with van der Waals surface area (Å²) < 4.78 is 39.0. The fraction of sp³-hybridized carbons (Fsp3) is 0.538. The summed E-state index contributed by atoms with van der Waals surface area (Å²) in [5.41, 5.74) is 3.31. The molecule has 1 aliphatic rings. The predicted octanol–water partition coefficient (Wildman–Crippen LogP) is 3.44. The Kier molecular flexibility index (Phi) is 3.27. The first-order valence-electron chi connectivity index (χ1n) is 6.03. The first-order valence-corrected chi connectivity index (χ1v) is 6.03. The van der Waals surface area contributed by atoms with E-state index in [0.29, 0.717) is 12.8 Å². The quantitative estimate of drug-likeness (QED) is 0.759. The van der Waals surface area contributed by atoms with Crippen LogP contribution in [0.4, 0.5) is 18.9 Å². The molecule has 5 heteroatoms. The highest BCUT2D eigenvalue weighted by molar-refractivity contribution is 5.55. The van der Waals surface area contributed by atoms with E-state index in [-0.39, 0.29) is 11.3 Å². The summed E-state index contributed by atoms with van der Waals surface area (Å²) in [6, 6.07) is 3.67. The molecule has 0 heterocycles. The Morgan fingerprint density at radius 3 is 2.28 bits per heavy atom. The van der Waals surface area contributed by atoms with Crippen molar-refractivity contribution >= 4 is 5.69 Å². The van der Waals surface area contributed by atoms with E-state index in [0.717, 1.165) is 25.3 Å². The minimum Gasteiger partial charge on any atom is -0.398 e. The van der Waals surface area contributed by atoms with Crippen LogP contribution >= 0.6 is 0 Å². The molecule has 100 valence electrons. The standard InChI is InChI=1S/C13H16F3NO/c14-13(15,16)9-5-4-6-10(17)11(9)12(18)7-2-1-3-8-12/h4-6,18H,1-3,7-8,17H2. The van der Waals surface area contributed by atoms with Gasteiger partial charge >= 0.3 is 6.18 Å². The molecule has 1 aliphatic carbocycles. The second-order valence-corrected chi connectivity index (χ2v) is 4.86. The van der Waals surface area contributed by atoms with Crippen LogP contribution in [-0.4, -0.2) is 5.11 Å². The molecule has 3 N–H and O–H groups in total. The van der Waals surface area contributed by atoms with Gasteiger partial charge in [0.15, 0.2) is 0 Å². The number of rotatable bonds is 1. The molecule has 1 fully saturated rings. The molecule has 0 spiro atoms. The Balaban J connectivity index is 2.55. The van der Waals surface area contributed by atoms with Gasteiger partial charge in [0.2, 0.25) is 0 Å². The minimum atomic E-state index is -4.49. The summed E-state index contributed by atoms with van der Waals surface area (Å²) in [6.07, 6.45) is -1.42. The highest BCUT2D eigenvalue weighted by Gasteiger charge is 2.42. The second-order valence-electron chi connectivity index (χ2n) is 4.86. The number of hydrogen-bond acceptors (Lipinski definition) is 2. The summed E-state index contributed by atoms with van der Waals surface area (Å²) >= 11 is 0. The zero-order valence-electron chi connectivity index (χ0n) is 9.93. The van der Waals surface area contributed by atoms with E-state index < -0.39 is 17.3 Å². The number of anilines is 1. The van der Waals surface area contributed by atoms with Gasteiger partial charge in [-0.3, -0.25) is 0 Å². The summed E-state index contributed by atoms with van der Waals surface area (Å²) in [5.74, 6) is 0. The molecule has 0 saturated heterocycles. The summed E-state index contributed by atoms with van der Waals surface area (Å²) in [6.45, 7) is 0. The van der Waals surface area contributed by atoms with Crippen molar-refractivity contribution in [2.75, 3.05) is 5.73 Å². The molecule has 1 aromatic carbocycles. The monoisotopic (exact) mass is 259 g/mol. The van der Waals surface area contributed by atoms with Gasteiger partial charge in [-0.05, 0) is 25.0 Å². The van der Waals surface area contributed by atoms with Gasteiger partial charge in [0.25, 0.3) is 0 Å². The van der Waals surface area contributed by atoms with Crippen LogP contribution < -0.4 is 5.73 Å². The molecule has 2 nitrogen and oxygen atoms in total. The normalized spacial score (nSPS) is 19.8. The van der Waals surface area contributed by atoms with Gasteiger partial charge in [0.1, 0.15) is 0 Å². The third-order valence-electron chi connectivity index (χ3n) is 3.55. The molecular weight excluding hydrogens is 243 g/mol. The first-order chi connectivity index (χ1) is 8.34. The fourth-order valence-corrected chi connectivity index (χ4v) is 2.71. The Morgan fingerprint density at radius 2 is 1.72 bits per heavy atom. The average Bonchev–Trinajstić information content (AvgIpc) is 2.28. The van der Waals surface area contributed by atoms with Gasteiger partial charge in [-0.1, -0.05) is 25.3 Å². The van der Waals surface area contributed by atoms with Gasteiger partial charge < -0.3 is 10.8 Å². The summed E-state index contributed by atoms with van der Waals surface area (Å²) in [5, 5.41) is 10.5. The lowest BCUT2D eigenvalue weighted by molar-refractivity contribution is -0.141. The lowest BCUT2D eigenvalue weighted by atomic mass is 9.77. The maximum absolute atomic E-state index is 13.0. The van der Waals surface area contributed by atoms with Crippen LogP contribution in [-0.2, 0) is 11.8 Å². The zero-order valence-corrected chi connectivity index (χ0v) is 9.93. The van der Waals surface area contributed by atoms with Crippen molar-refractivity contribution in [3.63, 3.8) is 0 Å². The Bertz CT molecular complexity index is 436. The molecular formula is C13H16F3NO. The first kappa shape index (κ1) is 13.2. The molecule has 0 atom stereocenters. The highest BCUT2D eigenvalue weighted by Crippen LogP contribution is 2.45. The van der Waals surface area contributed by atoms with E-state index in [4.69, 9.17) is 5.73 Å². The number of hydrogen-bond donors (Lipinski definition) is 2. The number of alkyl halides is 3. The van der Waals surface area contributed by atoms with Gasteiger partial charge in [-0.2, -0.15) is 13.2 Å². The lowest BCUT2D eigenvalue weighted by Crippen LogP contribution is -2.32. The Hall–Kier alpha value is -1.23. The number of halogens is 3. The third kappa shape index (κ3) is 2.32. The molecule has 1 saturated carbocycles. The topological polar surface area (TPSA) is 46.2 Å². The van der Waals surface area contributed by atoms with Crippen molar-refractivity contribution in [2.24, 2.45) is 0 Å². The fourth-order valence-electron chi connectivity index (χ4n) is 2.71. The SMILES string of the molecule is Nc1cccc(C(F)(F)F)c1C1(O)CCCCC1. The molecule has 0 aliphatic heterocycles. The third-order valence-corrected chi connectivity index (χ3v) is 3.55. The van der Waals surface area contributed by atoms with Crippen LogP contribution in [0.1, 0.15) is 43.2 Å². The molecule has 18 heavy (non-hydrogen) atoms. The van der Waals surface area contributed by atoms with Crippen molar-refractivity contribution in [1.82, 2.24) is 0 Å². The van der Waals surface area contributed by atoms with Crippen molar-refractivity contribution in [3.05, 3.63) is 29.3 Å². The molecule has 0 radical (unpaired) electrons. The predicted molar refractivity (Wildman–Crippen MR) is 62.8 cm³/mol. The Labute approximate surface area is 104 Å². The zero-order chi connectivity index (χ0) is 13.4. The van der Waals surface area contributed by atoms with Crippen molar-refractivity contribution in [2.45, 2.75) is 43.9 Å². The van der Waals surface area contributed by atoms with Crippen molar-refractivity contribution < 1.29 is 18.3 Å². The molecule has 0 amide bonds. The smallest absolute Gasteiger partial charge is 0.398 e. The minimum absolute atomic E-state index is 0.0224. The number of nitrogen functional groups attached to an aromatic ring is 1. The maximum Gasteiger partial charge on any atom is 0.416 e. The lowest BCUT2D eigenvalue weighted by Gasteiger charge is -2.35. The molecule has 0 aromatic heterocycles. The number of aliphatic hydroxyl groups is 1. The van der Waals surface area contributed by atoms with E-state index in [1.54, 1.807) is 0 Å². The van der Waals surface area contributed by atoms with Crippen LogP contribution in [0.15, 0.2) is 18.2 Å². The molecule has 0 unspecified atom stereocenters. The van der Waals surface area contributed by atoms with Gasteiger partial charge in [0.05, 0.1) is 11.2 Å². The van der Waals surface area contributed by atoms with Crippen LogP contribution in [0.2, 0.25) is 0 Å². The second kappa shape index (κ2) is 4.46. The van der Waals surface area contributed by atoms with Crippen LogP contribution in [0, 0.1) is 0 Å². The van der Waals surface area contributed by atoms with Gasteiger partial charge in [0, 0.05) is 11.3 Å². The summed E-state index contributed by atoms with van der Waals surface area (Å²) in [7, 11) is 0. The van der Waals surface area contributed by atoms with Crippen molar-refractivity contribution in [1.29, 1.82) is 0 Å². The van der Waals surface area contributed by atoms with Gasteiger partial charge in [-0.15, -0.1) is 0 Å². The van der Waals surface area contributed by atoms with E-state index in [9.17, 15) is 18.3 Å². The number of benzene rings is 1. The summed E-state index contributed by atoms with van der Waals surface area (Å²) in [4.78, 5) is 0. The van der Waals surface area contributed by atoms with Crippen LogP contribution in [0.3, 0.4) is 0 Å². The average molecular weight is 259 g/mol. The van der Waals surface area contributed by atoms with E-state index in [1.165, 1.54) is 12.1 Å².